The Morgan fingerprint density at radius 3 is 0.514 bits per heavy atom. The summed E-state index contributed by atoms with van der Waals surface area (Å²) < 4.78 is 233. The molecule has 0 amide bonds. The molecule has 12 heterocycles. The maximum Gasteiger partial charge on any atom is 0.646 e. The zero-order valence-corrected chi connectivity index (χ0v) is 97.4. The van der Waals surface area contributed by atoms with Crippen LogP contribution in [0.3, 0.4) is 0 Å². The van der Waals surface area contributed by atoms with E-state index in [1.807, 2.05) is 212 Å². The summed E-state index contributed by atoms with van der Waals surface area (Å²) in [5.41, 5.74) is 0. The summed E-state index contributed by atoms with van der Waals surface area (Å²) in [5.74, 6) is 31.8. The Balaban J connectivity index is 0.432. The van der Waals surface area contributed by atoms with Gasteiger partial charge in [-0.3, -0.25) is 0 Å². The van der Waals surface area contributed by atoms with Crippen LogP contribution in [0.15, 0.2) is 212 Å². The molecule has 42 aliphatic carbocycles. The van der Waals surface area contributed by atoms with Gasteiger partial charge >= 0.3 is 141 Å². The number of rotatable bonds is 23. The molecule has 54 aliphatic rings. The van der Waals surface area contributed by atoms with Gasteiger partial charge in [0.05, 0.1) is 0 Å². The summed E-state index contributed by atoms with van der Waals surface area (Å²) in [6.45, 7) is 5.05. The van der Waals surface area contributed by atoms with E-state index in [-0.39, 0.29) is 41.3 Å². The van der Waals surface area contributed by atoms with E-state index >= 15 is 0 Å². The fraction of sp³-hybridized carbons (Fsp3) is 0.604. The molecule has 7 aromatic carbocycles. The van der Waals surface area contributed by atoms with Gasteiger partial charge in [0.1, 0.15) is 0 Å². The Morgan fingerprint density at radius 2 is 0.338 bits per heavy atom. The molecule has 12 saturated heterocycles. The van der Waals surface area contributed by atoms with Crippen molar-refractivity contribution in [3.8, 4) is 0 Å². The second-order valence-corrected chi connectivity index (χ2v) is 111. The van der Waals surface area contributed by atoms with E-state index in [0.29, 0.717) is 220 Å². The molecule has 25 nitrogen and oxygen atoms in total. The van der Waals surface area contributed by atoms with Gasteiger partial charge in [0.2, 0.25) is 0 Å². The van der Waals surface area contributed by atoms with Crippen LogP contribution in [0.4, 0.5) is 0 Å². The van der Waals surface area contributed by atoms with Crippen LogP contribution >= 0.6 is 0 Å². The Kier molecular flexibility index (Phi) is 11.1. The van der Waals surface area contributed by atoms with Crippen LogP contribution in [-0.2, 0) is 103 Å². The van der Waals surface area contributed by atoms with Gasteiger partial charge in [-0.2, -0.15) is 0 Å². The molecule has 54 fully saturated rings. The van der Waals surface area contributed by atoms with Crippen molar-refractivity contribution in [3.05, 3.63) is 212 Å². The number of hydrogen-bond acceptors (Lipinski definition) is 25. The summed E-state index contributed by atoms with van der Waals surface area (Å²) in [7, 11) is -78.5. The van der Waals surface area contributed by atoms with Crippen molar-refractivity contribution in [1.29, 1.82) is 0 Å². The molecule has 0 atom stereocenters. The first kappa shape index (κ1) is 78.5. The Bertz CT molecular complexity index is 6890. The first-order valence-electron chi connectivity index (χ1n) is 58.4. The van der Waals surface area contributed by atoms with E-state index in [2.05, 4.69) is 13.1 Å². The average molecular weight is 2250 g/mol. The topological polar surface area (TPSA) is 231 Å². The summed E-state index contributed by atoms with van der Waals surface area (Å²) in [5, 5.41) is 2.34. The van der Waals surface area contributed by atoms with Crippen molar-refractivity contribution in [2.24, 2.45) is 290 Å². The highest BCUT2D eigenvalue weighted by molar-refractivity contribution is 7.14. The molecule has 0 aromatic heterocycles. The summed E-state index contributed by atoms with van der Waals surface area (Å²) in [6, 6.07) is 71.3. The maximum atomic E-state index is 10.1. The Labute approximate surface area is 869 Å². The van der Waals surface area contributed by atoms with Crippen molar-refractivity contribution >= 4 is 186 Å². The number of benzene rings is 7. The van der Waals surface area contributed by atoms with Crippen LogP contribution in [0.5, 0.6) is 0 Å². The molecule has 61 rings (SSSR count). The van der Waals surface area contributed by atoms with E-state index < -0.39 is 149 Å². The second-order valence-electron chi connectivity index (χ2n) is 58.5. The molecule has 7 aromatic rings. The van der Waals surface area contributed by atoms with Gasteiger partial charge in [-0.1, -0.05) is 232 Å². The van der Waals surface area contributed by atoms with E-state index in [9.17, 15) is 53.5 Å². The zero-order chi connectivity index (χ0) is 93.0. The van der Waals surface area contributed by atoms with Crippen molar-refractivity contribution in [2.45, 2.75) is 86.1 Å². The van der Waals surface area contributed by atoms with Crippen LogP contribution in [0, 0.1) is 290 Å². The van der Waals surface area contributed by atoms with Crippen molar-refractivity contribution in [1.82, 2.24) is 0 Å². The summed E-state index contributed by atoms with van der Waals surface area (Å²) in [4.78, 5) is 0. The molecule has 0 N–H and O–H groups in total. The maximum absolute atomic E-state index is 10.1. The lowest BCUT2D eigenvalue weighted by atomic mass is 9.01. The number of unbranched alkanes of at least 4 members (excludes halogenated alkanes) is 3. The molecule has 0 radical (unpaired) electrons. The predicted octanol–water partition coefficient (Wildman–Crippen LogP) is 9.03. The molecule has 42 saturated carbocycles. The smallest absolute Gasteiger partial charge is 0.395 e. The van der Waals surface area contributed by atoms with E-state index in [1.165, 1.54) is 0 Å². The van der Waals surface area contributed by atoms with Gasteiger partial charge < -0.3 is 103 Å². The van der Waals surface area contributed by atoms with E-state index in [0.717, 1.165) is 138 Å². The highest BCUT2D eigenvalue weighted by Gasteiger charge is 3.24. The summed E-state index contributed by atoms with van der Waals surface area (Å²) in [6.07, 6.45) is 2.94. The van der Waals surface area contributed by atoms with E-state index in [4.69, 9.17) is 49.4 Å². The van der Waals surface area contributed by atoms with Crippen LogP contribution in [0.1, 0.15) is 25.7 Å². The number of hydrogen-bond donors (Lipinski definition) is 0. The van der Waals surface area contributed by atoms with Gasteiger partial charge in [0.25, 0.3) is 0 Å². The lowest BCUT2D eigenvalue weighted by Gasteiger charge is -3.12. The van der Waals surface area contributed by atoms with Crippen LogP contribution in [-0.4, -0.2) is 149 Å². The minimum atomic E-state index is -4.99. The highest BCUT2D eigenvalue weighted by Crippen LogP contribution is 3.20. The quantitative estimate of drug-likeness (QED) is 0.0429. The first-order chi connectivity index (χ1) is 72.4. The van der Waals surface area contributed by atoms with Crippen molar-refractivity contribution in [3.63, 3.8) is 0 Å². The lowest BCUT2D eigenvalue weighted by molar-refractivity contribution is -0.577. The minimum absolute atomic E-state index is 0.195. The van der Waals surface area contributed by atoms with Crippen LogP contribution in [0.2, 0.25) is 60.5 Å². The monoisotopic (exact) mass is 2250 g/mol. The average Bonchev–Trinajstić information content (AvgIpc) is 0.538. The molecular formula is C106H102O25Si17. The third-order valence-corrected chi connectivity index (χ3v) is 138. The van der Waals surface area contributed by atoms with Gasteiger partial charge in [0.15, 0.2) is 8.32 Å². The molecule has 0 unspecified atom stereocenters. The fourth-order valence-electron chi connectivity index (χ4n) is 57.0. The van der Waals surface area contributed by atoms with Gasteiger partial charge in [0, 0.05) is 77.6 Å². The molecule has 744 valence electrons. The minimum Gasteiger partial charge on any atom is -0.395 e. The molecule has 42 heteroatoms. The van der Waals surface area contributed by atoms with E-state index in [1.54, 1.807) is 0 Å². The van der Waals surface area contributed by atoms with Gasteiger partial charge in [-0.05, 0) is 316 Å². The molecule has 16 bridgehead atoms. The van der Waals surface area contributed by atoms with Crippen molar-refractivity contribution < 1.29 is 103 Å². The third-order valence-electron chi connectivity index (χ3n) is 58.8. The Hall–Kier alpha value is -2.77. The predicted molar refractivity (Wildman–Crippen MR) is 537 cm³/mol. The standard InChI is InChI=1S/C106H102O25Si17/c1-132(2,42-26-3-4-27-43-133-108-134(44-28-12-5-13-29-44)111-137(47-34-18-8-19-35-47)113-135(109-133,45-30-14-6-15-31-45)115-139(49-38-22-10-23-39-49)116-136(110-133,46-32-16-7-17-33-46)114-138(112-134,48-36-20-9-21-37-48)118-140(117-137,119-139)50-40-24-11-25-41-50)107-148-129-145(104-91-70-55-71(91)93(104)72(55)92(70)104)123-142(101-82-61-52-62(82)84(101)63(52)83(61)101)120-141(100-79-58-51-59(79)81(100)60(51)80(58)100)121-143(125-145,102-85-64-53-65(85)87(102)66(53)86(64)102)127-147(131-148,106-97-76-57-77(97)99(106)78(57)98(76)106)128-144(122-141,103-88-67-54-68(88)90(103)69(54)89(67)103)126-146(124-142,130-148)105-94-73-56-74(94)96(105)75(56)95(73)105/h5-25,28-41,51-99H,3-4,26-27,42-43H2,1-2H3. The fourth-order valence-corrected chi connectivity index (χ4v) is 171. The first-order valence-corrected chi connectivity index (χ1v) is 89.2. The highest BCUT2D eigenvalue weighted by atomic mass is 28.7. The van der Waals surface area contributed by atoms with Crippen LogP contribution < -0.4 is 36.3 Å². The van der Waals surface area contributed by atoms with Gasteiger partial charge in [-0.15, -0.1) is 0 Å². The second kappa shape index (κ2) is 21.0. The third kappa shape index (κ3) is 5.96. The molecule has 148 heavy (non-hydrogen) atoms. The Morgan fingerprint density at radius 1 is 0.182 bits per heavy atom. The molecule has 12 aliphatic heterocycles. The normalized spacial score (nSPS) is 73.2. The molecule has 0 spiro atoms. The largest absolute Gasteiger partial charge is 0.646 e. The zero-order valence-electron chi connectivity index (χ0n) is 80.4. The molecular weight excluding hydrogens is 2150 g/mol. The van der Waals surface area contributed by atoms with Gasteiger partial charge in [-0.25, -0.2) is 0 Å². The SMILES string of the molecule is C[Si](C)(CCCCCC[Si]12O[Si]3(c4ccccc4)O[Si]4(c5ccccc5)O[Si](c5ccccc5)(O1)O[Si]1(c5ccccc5)O[Si](c5ccccc5)(O2)O[Si](c2ccccc2)(O3)O[Si](c2ccccc2)(O4)O1)O[Si]12O[Si]3(C45C6C7C8C6C4C8C75)O[Si]4(C56C7C8C9C7C5C9C86)O[Si](C56C7C8C9C7C5C9C86)(O1)O[Si]1(C56C7C8C9C7C5C9C86)O[Si](C56C7C8C9C7C5C9C86)(O2)O[Si](C25C6C7C8C6C2C8C75)(O3)O[Si](C23C5C6C7C5C2C7C63)(O4)O1. The lowest BCUT2D eigenvalue weighted by Crippen LogP contribution is -3.16. The summed E-state index contributed by atoms with van der Waals surface area (Å²) >= 11 is 0. The van der Waals surface area contributed by atoms with Crippen LogP contribution in [0.25, 0.3) is 0 Å². The van der Waals surface area contributed by atoms with Crippen molar-refractivity contribution in [2.75, 3.05) is 0 Å².